The Bertz CT molecular complexity index is 1100. The van der Waals surface area contributed by atoms with Gasteiger partial charge in [0.1, 0.15) is 5.82 Å². The highest BCUT2D eigenvalue weighted by atomic mass is 35.5. The lowest BCUT2D eigenvalue weighted by atomic mass is 10.1. The van der Waals surface area contributed by atoms with Gasteiger partial charge < -0.3 is 9.88 Å². The zero-order valence-electron chi connectivity index (χ0n) is 16.3. The van der Waals surface area contributed by atoms with Gasteiger partial charge in [-0.3, -0.25) is 14.5 Å². The fourth-order valence-electron chi connectivity index (χ4n) is 3.68. The third-order valence-electron chi connectivity index (χ3n) is 5.42. The van der Waals surface area contributed by atoms with Crippen molar-refractivity contribution in [1.29, 1.82) is 0 Å². The zero-order chi connectivity index (χ0) is 20.4. The van der Waals surface area contributed by atoms with Gasteiger partial charge in [0.25, 0.3) is 5.56 Å². The van der Waals surface area contributed by atoms with E-state index < -0.39 is 0 Å². The maximum Gasteiger partial charge on any atom is 0.258 e. The Morgan fingerprint density at radius 3 is 2.66 bits per heavy atom. The number of halogens is 1. The van der Waals surface area contributed by atoms with Crippen LogP contribution in [0, 0.1) is 6.92 Å². The molecule has 6 nitrogen and oxygen atoms in total. The number of hydrogen-bond donors (Lipinski definition) is 1. The molecule has 1 aliphatic rings. The molecule has 1 aliphatic heterocycles. The number of rotatable bonds is 4. The van der Waals surface area contributed by atoms with Gasteiger partial charge in [-0.25, -0.2) is 4.98 Å². The van der Waals surface area contributed by atoms with Gasteiger partial charge in [0, 0.05) is 31.2 Å². The number of H-pyrrole nitrogens is 1. The van der Waals surface area contributed by atoms with Gasteiger partial charge in [0.05, 0.1) is 23.9 Å². The lowest BCUT2D eigenvalue weighted by Gasteiger charge is -2.34. The van der Waals surface area contributed by atoms with Crippen molar-refractivity contribution < 1.29 is 4.79 Å². The maximum absolute atomic E-state index is 12.6. The van der Waals surface area contributed by atoms with Gasteiger partial charge in [0.2, 0.25) is 5.91 Å². The maximum atomic E-state index is 12.6. The Morgan fingerprint density at radius 2 is 1.90 bits per heavy atom. The summed E-state index contributed by atoms with van der Waals surface area (Å²) in [4.78, 5) is 36.5. The first-order valence-electron chi connectivity index (χ1n) is 9.73. The average molecular weight is 411 g/mol. The quantitative estimate of drug-likeness (QED) is 0.718. The first-order valence-corrected chi connectivity index (χ1v) is 10.1. The molecule has 1 amide bonds. The van der Waals surface area contributed by atoms with Crippen molar-refractivity contribution >= 4 is 28.4 Å². The highest BCUT2D eigenvalue weighted by molar-refractivity contribution is 6.31. The van der Waals surface area contributed by atoms with E-state index in [1.54, 1.807) is 18.2 Å². The molecular weight excluding hydrogens is 388 g/mol. The number of aromatic amines is 1. The number of hydrogen-bond acceptors (Lipinski definition) is 4. The lowest BCUT2D eigenvalue weighted by molar-refractivity contribution is -0.132. The fourth-order valence-corrected chi connectivity index (χ4v) is 3.86. The molecule has 0 atom stereocenters. The van der Waals surface area contributed by atoms with Crippen LogP contribution in [-0.2, 0) is 17.8 Å². The van der Waals surface area contributed by atoms with Gasteiger partial charge in [-0.05, 0) is 36.2 Å². The van der Waals surface area contributed by atoms with Crippen LogP contribution in [0.15, 0.2) is 47.3 Å². The smallest absolute Gasteiger partial charge is 0.258 e. The molecule has 1 fully saturated rings. The highest BCUT2D eigenvalue weighted by Gasteiger charge is 2.22. The third kappa shape index (κ3) is 4.49. The van der Waals surface area contributed by atoms with Crippen LogP contribution in [0.4, 0.5) is 0 Å². The molecule has 1 saturated heterocycles. The summed E-state index contributed by atoms with van der Waals surface area (Å²) in [5.41, 5.74) is 2.69. The number of fused-ring (bicyclic) bond motifs is 1. The zero-order valence-corrected chi connectivity index (χ0v) is 17.1. The second-order valence-corrected chi connectivity index (χ2v) is 7.87. The van der Waals surface area contributed by atoms with Crippen LogP contribution in [0.2, 0.25) is 5.02 Å². The molecule has 2 aromatic carbocycles. The minimum Gasteiger partial charge on any atom is -0.340 e. The molecule has 29 heavy (non-hydrogen) atoms. The van der Waals surface area contributed by atoms with Crippen LogP contribution in [0.25, 0.3) is 10.9 Å². The number of amides is 1. The third-order valence-corrected chi connectivity index (χ3v) is 5.65. The monoisotopic (exact) mass is 410 g/mol. The number of piperazine rings is 1. The molecule has 4 rings (SSSR count). The van der Waals surface area contributed by atoms with Crippen LogP contribution in [0.5, 0.6) is 0 Å². The van der Waals surface area contributed by atoms with Crippen LogP contribution >= 0.6 is 11.6 Å². The molecule has 0 saturated carbocycles. The first kappa shape index (κ1) is 19.6. The van der Waals surface area contributed by atoms with E-state index in [0.717, 1.165) is 24.2 Å². The highest BCUT2D eigenvalue weighted by Crippen LogP contribution is 2.15. The lowest BCUT2D eigenvalue weighted by Crippen LogP contribution is -2.49. The molecule has 0 aliphatic carbocycles. The first-order chi connectivity index (χ1) is 14.0. The van der Waals surface area contributed by atoms with E-state index in [1.807, 2.05) is 36.1 Å². The molecule has 0 radical (unpaired) electrons. The molecule has 7 heteroatoms. The molecule has 0 bridgehead atoms. The fraction of sp³-hybridized carbons (Fsp3) is 0.318. The molecule has 1 N–H and O–H groups in total. The predicted octanol–water partition coefficient (Wildman–Crippen LogP) is 2.77. The van der Waals surface area contributed by atoms with E-state index in [1.165, 1.54) is 0 Å². The van der Waals surface area contributed by atoms with Gasteiger partial charge in [-0.1, -0.05) is 35.9 Å². The molecule has 0 unspecified atom stereocenters. The van der Waals surface area contributed by atoms with Crippen LogP contribution in [0.1, 0.15) is 17.0 Å². The summed E-state index contributed by atoms with van der Waals surface area (Å²) in [5.74, 6) is 0.789. The van der Waals surface area contributed by atoms with Crippen molar-refractivity contribution in [2.45, 2.75) is 19.9 Å². The largest absolute Gasteiger partial charge is 0.340 e. The number of nitrogens with zero attached hydrogens (tertiary/aromatic N) is 3. The molecule has 150 valence electrons. The van der Waals surface area contributed by atoms with Crippen molar-refractivity contribution in [3.05, 3.63) is 74.8 Å². The van der Waals surface area contributed by atoms with Crippen molar-refractivity contribution in [3.8, 4) is 0 Å². The summed E-state index contributed by atoms with van der Waals surface area (Å²) in [6.45, 7) is 5.44. The Hall–Kier alpha value is -2.70. The Morgan fingerprint density at radius 1 is 1.14 bits per heavy atom. The number of benzene rings is 2. The van der Waals surface area contributed by atoms with Crippen molar-refractivity contribution in [3.63, 3.8) is 0 Å². The van der Waals surface area contributed by atoms with Gasteiger partial charge in [-0.2, -0.15) is 0 Å². The Balaban J connectivity index is 1.37. The number of carbonyl (C=O) groups excluding carboxylic acids is 1. The summed E-state index contributed by atoms with van der Waals surface area (Å²) < 4.78 is 0. The van der Waals surface area contributed by atoms with E-state index in [-0.39, 0.29) is 11.5 Å². The van der Waals surface area contributed by atoms with Crippen molar-refractivity contribution in [1.82, 2.24) is 19.8 Å². The number of carbonyl (C=O) groups is 1. The Kier molecular flexibility index (Phi) is 5.65. The van der Waals surface area contributed by atoms with E-state index in [4.69, 9.17) is 11.6 Å². The molecule has 1 aromatic heterocycles. The summed E-state index contributed by atoms with van der Waals surface area (Å²) in [6.07, 6.45) is 0.439. The number of aryl methyl sites for hydroxylation is 1. The minimum absolute atomic E-state index is 0.160. The van der Waals surface area contributed by atoms with E-state index in [2.05, 4.69) is 14.9 Å². The van der Waals surface area contributed by atoms with E-state index in [0.29, 0.717) is 47.8 Å². The van der Waals surface area contributed by atoms with Crippen molar-refractivity contribution in [2.24, 2.45) is 0 Å². The predicted molar refractivity (Wildman–Crippen MR) is 114 cm³/mol. The van der Waals surface area contributed by atoms with Crippen molar-refractivity contribution in [2.75, 3.05) is 26.2 Å². The van der Waals surface area contributed by atoms with Crippen LogP contribution < -0.4 is 5.56 Å². The summed E-state index contributed by atoms with van der Waals surface area (Å²) in [6, 6.07) is 13.1. The van der Waals surface area contributed by atoms with Crippen LogP contribution in [-0.4, -0.2) is 51.9 Å². The molecule has 3 aromatic rings. The molecule has 2 heterocycles. The number of aromatic nitrogens is 2. The topological polar surface area (TPSA) is 69.3 Å². The van der Waals surface area contributed by atoms with E-state index in [9.17, 15) is 9.59 Å². The molecule has 0 spiro atoms. The second-order valence-electron chi connectivity index (χ2n) is 7.43. The standard InChI is InChI=1S/C22H23ClN4O2/c1-15-4-2-3-5-16(15)12-21(28)27-10-8-26(9-11-27)14-20-24-19-7-6-17(23)13-18(19)22(29)25-20/h2-7,13H,8-12,14H2,1H3,(H,24,25,29). The second kappa shape index (κ2) is 8.35. The summed E-state index contributed by atoms with van der Waals surface area (Å²) >= 11 is 5.96. The average Bonchev–Trinajstić information content (AvgIpc) is 2.71. The summed E-state index contributed by atoms with van der Waals surface area (Å²) in [5, 5.41) is 1.01. The normalized spacial score (nSPS) is 15.0. The number of nitrogens with one attached hydrogen (secondary N) is 1. The molecular formula is C22H23ClN4O2. The van der Waals surface area contributed by atoms with E-state index >= 15 is 0 Å². The minimum atomic E-state index is -0.181. The van der Waals surface area contributed by atoms with Gasteiger partial charge >= 0.3 is 0 Å². The van der Waals surface area contributed by atoms with Gasteiger partial charge in [0.15, 0.2) is 0 Å². The summed E-state index contributed by atoms with van der Waals surface area (Å²) in [7, 11) is 0. The van der Waals surface area contributed by atoms with Gasteiger partial charge in [-0.15, -0.1) is 0 Å². The Labute approximate surface area is 174 Å². The SMILES string of the molecule is Cc1ccccc1CC(=O)N1CCN(Cc2nc3ccc(Cl)cc3c(=O)[nH]2)CC1. The van der Waals surface area contributed by atoms with Crippen LogP contribution in [0.3, 0.4) is 0 Å².